The number of nitrogens with zero attached hydrogens (tertiary/aromatic N) is 2. The predicted octanol–water partition coefficient (Wildman–Crippen LogP) is 4.69. The molecule has 4 bridgehead atoms. The minimum atomic E-state index is -0.349. The molecule has 5 heteroatoms. The highest BCUT2D eigenvalue weighted by Gasteiger charge is 2.49. The van der Waals surface area contributed by atoms with Gasteiger partial charge in [0.15, 0.2) is 0 Å². The molecule has 1 heterocycles. The zero-order chi connectivity index (χ0) is 17.1. The number of rotatable bonds is 3. The smallest absolute Gasteiger partial charge is 0.299 e. The topological polar surface area (TPSA) is 65.3 Å². The molecule has 2 aromatic rings. The third kappa shape index (κ3) is 2.32. The van der Waals surface area contributed by atoms with Crippen LogP contribution < -0.4 is 4.74 Å². The van der Waals surface area contributed by atoms with Crippen LogP contribution in [0.15, 0.2) is 24.3 Å². The van der Waals surface area contributed by atoms with Crippen molar-refractivity contribution in [3.05, 3.63) is 40.1 Å². The number of fused-ring (bicyclic) bond motifs is 1. The van der Waals surface area contributed by atoms with Crippen LogP contribution >= 0.6 is 0 Å². The Morgan fingerprint density at radius 2 is 1.76 bits per heavy atom. The molecule has 1 aromatic heterocycles. The minimum absolute atomic E-state index is 0.0417. The summed E-state index contributed by atoms with van der Waals surface area (Å²) in [6.45, 7) is 0. The number of aromatic nitrogens is 1. The van der Waals surface area contributed by atoms with Gasteiger partial charge in [0.1, 0.15) is 11.3 Å². The van der Waals surface area contributed by atoms with Gasteiger partial charge in [0.2, 0.25) is 0 Å². The molecule has 4 saturated carbocycles. The van der Waals surface area contributed by atoms with Crippen molar-refractivity contribution in [2.45, 2.75) is 38.0 Å². The molecule has 0 N–H and O–H groups in total. The van der Waals surface area contributed by atoms with Gasteiger partial charge in [-0.3, -0.25) is 10.1 Å². The summed E-state index contributed by atoms with van der Waals surface area (Å²) in [6.07, 6.45) is 6.71. The summed E-state index contributed by atoms with van der Waals surface area (Å²) in [6, 6.07) is 7.39. The van der Waals surface area contributed by atoms with Crippen molar-refractivity contribution in [1.29, 1.82) is 0 Å². The second-order valence-electron chi connectivity index (χ2n) is 8.17. The highest BCUT2D eigenvalue weighted by Crippen LogP contribution is 2.59. The molecule has 0 unspecified atom stereocenters. The number of non-ortho nitro benzene ring substituents is 1. The fraction of sp³-hybridized carbons (Fsp3) is 0.550. The van der Waals surface area contributed by atoms with Gasteiger partial charge in [-0.25, -0.2) is 4.98 Å². The van der Waals surface area contributed by atoms with E-state index in [1.807, 2.05) is 12.1 Å². The molecule has 0 spiro atoms. The molecule has 6 rings (SSSR count). The number of hydrogen-bond donors (Lipinski definition) is 0. The molecule has 0 radical (unpaired) electrons. The van der Waals surface area contributed by atoms with Crippen molar-refractivity contribution < 1.29 is 9.66 Å². The molecule has 4 fully saturated rings. The normalized spacial score (nSPS) is 32.9. The largest absolute Gasteiger partial charge is 0.496 e. The van der Waals surface area contributed by atoms with E-state index in [0.717, 1.165) is 34.8 Å². The highest BCUT2D eigenvalue weighted by atomic mass is 16.6. The lowest BCUT2D eigenvalue weighted by Gasteiger charge is -2.54. The van der Waals surface area contributed by atoms with Crippen molar-refractivity contribution in [2.24, 2.45) is 23.7 Å². The van der Waals surface area contributed by atoms with E-state index in [2.05, 4.69) is 6.07 Å². The summed E-state index contributed by atoms with van der Waals surface area (Å²) in [5.41, 5.74) is 1.60. The average Bonchev–Trinajstić information content (AvgIpc) is 2.59. The SMILES string of the molecule is COc1cc([N+](=O)[O-])c2nc(C3C4CC5CC(C4)CC3C5)ccc2c1. The standard InChI is InChI=1S/C20H22N2O3/c1-25-16-9-13-2-3-17(21-20(13)18(10-16)22(23)24)19-14-5-11-4-12(7-14)8-15(19)6-11/h2-3,9-12,14-15,19H,4-8H2,1H3. The highest BCUT2D eigenvalue weighted by molar-refractivity contribution is 5.88. The van der Waals surface area contributed by atoms with Crippen LogP contribution in [0.5, 0.6) is 5.75 Å². The number of benzene rings is 1. The molecule has 0 amide bonds. The maximum Gasteiger partial charge on any atom is 0.299 e. The van der Waals surface area contributed by atoms with Gasteiger partial charge < -0.3 is 4.74 Å². The van der Waals surface area contributed by atoms with Gasteiger partial charge in [-0.1, -0.05) is 6.07 Å². The number of nitro groups is 1. The van der Waals surface area contributed by atoms with E-state index in [1.165, 1.54) is 45.3 Å². The van der Waals surface area contributed by atoms with E-state index in [0.29, 0.717) is 17.2 Å². The van der Waals surface area contributed by atoms with Crippen LogP contribution in [0, 0.1) is 33.8 Å². The first-order chi connectivity index (χ1) is 12.1. The van der Waals surface area contributed by atoms with Crippen molar-refractivity contribution >= 4 is 16.6 Å². The quantitative estimate of drug-likeness (QED) is 0.601. The third-order valence-electron chi connectivity index (χ3n) is 6.77. The average molecular weight is 338 g/mol. The number of hydrogen-bond acceptors (Lipinski definition) is 4. The summed E-state index contributed by atoms with van der Waals surface area (Å²) in [5.74, 6) is 4.26. The number of pyridine rings is 1. The van der Waals surface area contributed by atoms with Crippen molar-refractivity contribution in [3.63, 3.8) is 0 Å². The number of ether oxygens (including phenoxy) is 1. The predicted molar refractivity (Wildman–Crippen MR) is 94.7 cm³/mol. The second kappa shape index (κ2) is 5.41. The van der Waals surface area contributed by atoms with Crippen molar-refractivity contribution in [3.8, 4) is 5.75 Å². The van der Waals surface area contributed by atoms with Crippen LogP contribution in [0.1, 0.15) is 43.7 Å². The lowest BCUT2D eigenvalue weighted by atomic mass is 9.51. The van der Waals surface area contributed by atoms with Gasteiger partial charge in [0.25, 0.3) is 5.69 Å². The maximum atomic E-state index is 11.5. The Bertz CT molecular complexity index is 835. The lowest BCUT2D eigenvalue weighted by molar-refractivity contribution is -0.383. The fourth-order valence-electron chi connectivity index (χ4n) is 6.06. The fourth-order valence-corrected chi connectivity index (χ4v) is 6.06. The maximum absolute atomic E-state index is 11.5. The Hall–Kier alpha value is -2.17. The lowest BCUT2D eigenvalue weighted by Crippen LogP contribution is -2.44. The van der Waals surface area contributed by atoms with Gasteiger partial charge in [0, 0.05) is 17.0 Å². The van der Waals surface area contributed by atoms with E-state index >= 15 is 0 Å². The Labute approximate surface area is 146 Å². The Balaban J connectivity index is 1.61. The second-order valence-corrected chi connectivity index (χ2v) is 8.17. The number of nitro benzene ring substituents is 1. The molecule has 4 aliphatic carbocycles. The van der Waals surface area contributed by atoms with Crippen LogP contribution in [0.2, 0.25) is 0 Å². The van der Waals surface area contributed by atoms with Crippen LogP contribution in [0.3, 0.4) is 0 Å². The first-order valence-electron chi connectivity index (χ1n) is 9.25. The molecular weight excluding hydrogens is 316 g/mol. The molecular formula is C20H22N2O3. The summed E-state index contributed by atoms with van der Waals surface area (Å²) in [5, 5.41) is 12.3. The summed E-state index contributed by atoms with van der Waals surface area (Å²) in [7, 11) is 1.53. The molecule has 5 nitrogen and oxygen atoms in total. The van der Waals surface area contributed by atoms with Gasteiger partial charge in [0.05, 0.1) is 18.1 Å². The third-order valence-corrected chi connectivity index (χ3v) is 6.77. The van der Waals surface area contributed by atoms with E-state index in [4.69, 9.17) is 9.72 Å². The number of methoxy groups -OCH3 is 1. The first-order valence-corrected chi connectivity index (χ1v) is 9.25. The van der Waals surface area contributed by atoms with Gasteiger partial charge in [-0.05, 0) is 67.9 Å². The van der Waals surface area contributed by atoms with Crippen LogP contribution in [0.25, 0.3) is 10.9 Å². The first kappa shape index (κ1) is 15.1. The Kier molecular flexibility index (Phi) is 3.27. The zero-order valence-electron chi connectivity index (χ0n) is 14.4. The Morgan fingerprint density at radius 3 is 2.36 bits per heavy atom. The molecule has 0 saturated heterocycles. The summed E-state index contributed by atoms with van der Waals surface area (Å²) >= 11 is 0. The minimum Gasteiger partial charge on any atom is -0.496 e. The zero-order valence-corrected chi connectivity index (χ0v) is 14.4. The van der Waals surface area contributed by atoms with Gasteiger partial charge >= 0.3 is 0 Å². The van der Waals surface area contributed by atoms with Crippen molar-refractivity contribution in [2.75, 3.05) is 7.11 Å². The van der Waals surface area contributed by atoms with E-state index in [1.54, 1.807) is 0 Å². The summed E-state index contributed by atoms with van der Waals surface area (Å²) in [4.78, 5) is 16.0. The van der Waals surface area contributed by atoms with E-state index in [-0.39, 0.29) is 10.6 Å². The van der Waals surface area contributed by atoms with E-state index in [9.17, 15) is 10.1 Å². The van der Waals surface area contributed by atoms with E-state index < -0.39 is 0 Å². The molecule has 0 atom stereocenters. The summed E-state index contributed by atoms with van der Waals surface area (Å²) < 4.78 is 5.20. The van der Waals surface area contributed by atoms with Crippen LogP contribution in [-0.2, 0) is 0 Å². The van der Waals surface area contributed by atoms with Crippen LogP contribution in [0.4, 0.5) is 5.69 Å². The van der Waals surface area contributed by atoms with Crippen LogP contribution in [-0.4, -0.2) is 17.0 Å². The molecule has 130 valence electrons. The molecule has 25 heavy (non-hydrogen) atoms. The van der Waals surface area contributed by atoms with Gasteiger partial charge in [-0.2, -0.15) is 0 Å². The molecule has 0 aliphatic heterocycles. The Morgan fingerprint density at radius 1 is 1.08 bits per heavy atom. The van der Waals surface area contributed by atoms with Crippen molar-refractivity contribution in [1.82, 2.24) is 4.98 Å². The molecule has 4 aliphatic rings. The van der Waals surface area contributed by atoms with Gasteiger partial charge in [-0.15, -0.1) is 0 Å². The monoisotopic (exact) mass is 338 g/mol. The molecule has 1 aromatic carbocycles.